The van der Waals surface area contributed by atoms with Gasteiger partial charge >= 0.3 is 0 Å². The molecule has 1 aliphatic heterocycles. The number of hydrogen-bond acceptors (Lipinski definition) is 2. The number of rotatable bonds is 4. The maximum atomic E-state index is 6.44. The first-order chi connectivity index (χ1) is 22.8. The largest absolute Gasteiger partial charge is 0.455 e. The second kappa shape index (κ2) is 11.2. The minimum atomic E-state index is 0.929. The van der Waals surface area contributed by atoms with E-state index in [9.17, 15) is 0 Å². The van der Waals surface area contributed by atoms with Crippen molar-refractivity contribution in [3.05, 3.63) is 169 Å². The molecule has 2 heteroatoms. The second-order valence-electron chi connectivity index (χ2n) is 12.0. The molecule has 0 fully saturated rings. The van der Waals surface area contributed by atoms with Gasteiger partial charge in [0, 0.05) is 27.8 Å². The van der Waals surface area contributed by atoms with E-state index in [4.69, 9.17) is 4.42 Å². The summed E-state index contributed by atoms with van der Waals surface area (Å²) in [6, 6.07) is 57.3. The maximum absolute atomic E-state index is 6.44. The summed E-state index contributed by atoms with van der Waals surface area (Å²) >= 11 is 1.99. The number of furan rings is 1. The molecule has 1 aliphatic rings. The predicted octanol–water partition coefficient (Wildman–Crippen LogP) is 12.7. The lowest BCUT2D eigenvalue weighted by molar-refractivity contribution is 0.670. The molecule has 0 bridgehead atoms. The molecular formula is C44H30OS. The molecule has 0 atom stereocenters. The van der Waals surface area contributed by atoms with Crippen LogP contribution >= 0.6 is 11.8 Å². The van der Waals surface area contributed by atoms with Crippen LogP contribution < -0.4 is 0 Å². The Bertz CT molecular complexity index is 2330. The molecule has 0 radical (unpaired) electrons. The molecule has 7 aromatic carbocycles. The van der Waals surface area contributed by atoms with Gasteiger partial charge in [0.25, 0.3) is 0 Å². The van der Waals surface area contributed by atoms with E-state index < -0.39 is 0 Å². The van der Waals surface area contributed by atoms with Crippen molar-refractivity contribution in [3.63, 3.8) is 0 Å². The third-order valence-corrected chi connectivity index (χ3v) is 10.3. The van der Waals surface area contributed by atoms with Crippen LogP contribution in [-0.2, 0) is 11.5 Å². The van der Waals surface area contributed by atoms with Gasteiger partial charge in [-0.25, -0.2) is 0 Å². The molecule has 218 valence electrons. The lowest BCUT2D eigenvalue weighted by Gasteiger charge is -2.15. The third kappa shape index (κ3) is 4.74. The van der Waals surface area contributed by atoms with Gasteiger partial charge in [0.15, 0.2) is 0 Å². The van der Waals surface area contributed by atoms with Gasteiger partial charge in [-0.2, -0.15) is 11.8 Å². The fourth-order valence-electron chi connectivity index (χ4n) is 6.89. The lowest BCUT2D eigenvalue weighted by Crippen LogP contribution is -1.92. The third-order valence-electron chi connectivity index (χ3n) is 9.22. The van der Waals surface area contributed by atoms with Crippen molar-refractivity contribution < 1.29 is 4.42 Å². The van der Waals surface area contributed by atoms with Gasteiger partial charge in [0.2, 0.25) is 0 Å². The molecular weight excluding hydrogens is 577 g/mol. The molecule has 1 aromatic heterocycles. The highest BCUT2D eigenvalue weighted by Gasteiger charge is 2.19. The average Bonchev–Trinajstić information content (AvgIpc) is 3.41. The quantitative estimate of drug-likeness (QED) is 0.198. The molecule has 2 heterocycles. The van der Waals surface area contributed by atoms with Crippen LogP contribution in [-0.4, -0.2) is 0 Å². The summed E-state index contributed by atoms with van der Waals surface area (Å²) in [6.45, 7) is 0. The zero-order valence-electron chi connectivity index (χ0n) is 25.2. The first-order valence-corrected chi connectivity index (χ1v) is 16.9. The van der Waals surface area contributed by atoms with Crippen molar-refractivity contribution in [2.24, 2.45) is 0 Å². The van der Waals surface area contributed by atoms with E-state index in [0.717, 1.165) is 39.0 Å². The smallest absolute Gasteiger partial charge is 0.143 e. The van der Waals surface area contributed by atoms with Gasteiger partial charge in [0.05, 0.1) is 0 Å². The Balaban J connectivity index is 1.20. The van der Waals surface area contributed by atoms with Crippen LogP contribution in [0.3, 0.4) is 0 Å². The molecule has 0 unspecified atom stereocenters. The summed E-state index contributed by atoms with van der Waals surface area (Å²) in [7, 11) is 0. The van der Waals surface area contributed by atoms with Gasteiger partial charge in [-0.05, 0) is 97.6 Å². The summed E-state index contributed by atoms with van der Waals surface area (Å²) in [5.41, 5.74) is 17.0. The van der Waals surface area contributed by atoms with Crippen molar-refractivity contribution in [1.29, 1.82) is 0 Å². The van der Waals surface area contributed by atoms with E-state index in [1.165, 1.54) is 61.2 Å². The molecule has 1 nitrogen and oxygen atoms in total. The Labute approximate surface area is 273 Å². The second-order valence-corrected chi connectivity index (χ2v) is 13.0. The molecule has 8 aromatic rings. The highest BCUT2D eigenvalue weighted by molar-refractivity contribution is 7.97. The SMILES string of the molecule is c1ccc(-c2cc(-c3ccccc3)cc(-c3ccc4c(c3)-c3cc(-c5cccc6c5oc5ccccc56)ccc3CSC4)c2)cc1. The molecule has 0 saturated heterocycles. The minimum absolute atomic E-state index is 0.929. The molecule has 0 spiro atoms. The van der Waals surface area contributed by atoms with Gasteiger partial charge in [-0.3, -0.25) is 0 Å². The van der Waals surface area contributed by atoms with Crippen molar-refractivity contribution in [2.45, 2.75) is 11.5 Å². The fourth-order valence-corrected chi connectivity index (χ4v) is 7.93. The molecule has 46 heavy (non-hydrogen) atoms. The first kappa shape index (κ1) is 27.0. The normalized spacial score (nSPS) is 12.5. The van der Waals surface area contributed by atoms with Gasteiger partial charge in [0.1, 0.15) is 11.2 Å². The maximum Gasteiger partial charge on any atom is 0.143 e. The summed E-state index contributed by atoms with van der Waals surface area (Å²) in [5.74, 6) is 1.99. The average molecular weight is 607 g/mol. The first-order valence-electron chi connectivity index (χ1n) is 15.8. The minimum Gasteiger partial charge on any atom is -0.455 e. The van der Waals surface area contributed by atoms with E-state index in [1.54, 1.807) is 0 Å². The Kier molecular flexibility index (Phi) is 6.61. The van der Waals surface area contributed by atoms with Crippen LogP contribution in [0.5, 0.6) is 0 Å². The lowest BCUT2D eigenvalue weighted by atomic mass is 9.89. The van der Waals surface area contributed by atoms with E-state index in [2.05, 4.69) is 152 Å². The fraction of sp³-hybridized carbons (Fsp3) is 0.0455. The molecule has 0 saturated carbocycles. The molecule has 9 rings (SSSR count). The van der Waals surface area contributed by atoms with Crippen LogP contribution in [0.25, 0.3) is 77.6 Å². The number of fused-ring (bicyclic) bond motifs is 6. The van der Waals surface area contributed by atoms with Gasteiger partial charge in [-0.15, -0.1) is 0 Å². The summed E-state index contributed by atoms with van der Waals surface area (Å²) in [4.78, 5) is 0. The van der Waals surface area contributed by atoms with Crippen LogP contribution in [0.1, 0.15) is 11.1 Å². The van der Waals surface area contributed by atoms with Crippen molar-refractivity contribution in [2.75, 3.05) is 0 Å². The number of thioether (sulfide) groups is 1. The Morgan fingerprint density at radius 3 is 1.59 bits per heavy atom. The zero-order valence-corrected chi connectivity index (χ0v) is 26.1. The number of hydrogen-bond donors (Lipinski definition) is 0. The summed E-state index contributed by atoms with van der Waals surface area (Å²) < 4.78 is 6.44. The standard InChI is InChI=1S/C44H30OS/c1-3-10-29(11-4-1)35-22-36(30-12-5-2-6-13-30)24-37(23-35)31-18-20-33-27-46-28-34-21-19-32(26-42(34)41(33)25-31)38-15-9-16-40-39-14-7-8-17-43(39)45-44(38)40/h1-26H,27-28H2. The number of benzene rings is 7. The van der Waals surface area contributed by atoms with Gasteiger partial charge in [-0.1, -0.05) is 121 Å². The Morgan fingerprint density at radius 1 is 0.370 bits per heavy atom. The van der Waals surface area contributed by atoms with E-state index >= 15 is 0 Å². The Hall–Kier alpha value is -5.31. The Morgan fingerprint density at radius 2 is 0.913 bits per heavy atom. The molecule has 0 aliphatic carbocycles. The van der Waals surface area contributed by atoms with Crippen LogP contribution in [0.2, 0.25) is 0 Å². The summed E-state index contributed by atoms with van der Waals surface area (Å²) in [6.07, 6.45) is 0. The van der Waals surface area contributed by atoms with Crippen molar-refractivity contribution in [1.82, 2.24) is 0 Å². The predicted molar refractivity (Wildman–Crippen MR) is 196 cm³/mol. The van der Waals surface area contributed by atoms with Crippen molar-refractivity contribution in [3.8, 4) is 55.6 Å². The topological polar surface area (TPSA) is 13.1 Å². The highest BCUT2D eigenvalue weighted by Crippen LogP contribution is 2.43. The van der Waals surface area contributed by atoms with E-state index in [1.807, 2.05) is 17.8 Å². The monoisotopic (exact) mass is 606 g/mol. The van der Waals surface area contributed by atoms with Gasteiger partial charge < -0.3 is 4.42 Å². The molecule has 0 amide bonds. The van der Waals surface area contributed by atoms with Crippen LogP contribution in [0, 0.1) is 0 Å². The van der Waals surface area contributed by atoms with Crippen LogP contribution in [0.4, 0.5) is 0 Å². The van der Waals surface area contributed by atoms with Crippen LogP contribution in [0.15, 0.2) is 162 Å². The highest BCUT2D eigenvalue weighted by atomic mass is 32.2. The van der Waals surface area contributed by atoms with Crippen molar-refractivity contribution >= 4 is 33.7 Å². The zero-order chi connectivity index (χ0) is 30.5. The summed E-state index contributed by atoms with van der Waals surface area (Å²) in [5, 5.41) is 2.32. The number of para-hydroxylation sites is 2. The van der Waals surface area contributed by atoms with E-state index in [0.29, 0.717) is 0 Å². The van der Waals surface area contributed by atoms with E-state index in [-0.39, 0.29) is 0 Å². The molecule has 0 N–H and O–H groups in total.